The predicted molar refractivity (Wildman–Crippen MR) is 47.2 cm³/mol. The van der Waals surface area contributed by atoms with Gasteiger partial charge in [-0.1, -0.05) is 25.4 Å². The van der Waals surface area contributed by atoms with E-state index in [1.54, 1.807) is 13.8 Å². The van der Waals surface area contributed by atoms with Gasteiger partial charge in [-0.15, -0.1) is 0 Å². The van der Waals surface area contributed by atoms with Gasteiger partial charge >= 0.3 is 6.16 Å². The third kappa shape index (κ3) is 5.24. The van der Waals surface area contributed by atoms with E-state index in [0.29, 0.717) is 0 Å². The topological polar surface area (TPSA) is 35.5 Å². The van der Waals surface area contributed by atoms with Gasteiger partial charge in [0.05, 0.1) is 6.10 Å². The van der Waals surface area contributed by atoms with Gasteiger partial charge in [-0.25, -0.2) is 4.79 Å². The van der Waals surface area contributed by atoms with Gasteiger partial charge in [0.25, 0.3) is 0 Å². The minimum atomic E-state index is -0.710. The van der Waals surface area contributed by atoms with E-state index >= 15 is 0 Å². The molecule has 0 unspecified atom stereocenters. The van der Waals surface area contributed by atoms with Gasteiger partial charge in [-0.3, -0.25) is 0 Å². The van der Waals surface area contributed by atoms with Crippen molar-refractivity contribution in [2.75, 3.05) is 0 Å². The summed E-state index contributed by atoms with van der Waals surface area (Å²) in [6.45, 7) is 7.22. The molecule has 0 aliphatic carbocycles. The molecule has 3 nitrogen and oxygen atoms in total. The summed E-state index contributed by atoms with van der Waals surface area (Å²) in [6.07, 6.45) is -0.882. The lowest BCUT2D eigenvalue weighted by molar-refractivity contribution is 0.0173. The van der Waals surface area contributed by atoms with E-state index in [-0.39, 0.29) is 12.0 Å². The Kier molecular flexibility index (Phi) is 5.06. The molecule has 0 radical (unpaired) electrons. The molecule has 0 saturated heterocycles. The van der Waals surface area contributed by atoms with Gasteiger partial charge in [0.15, 0.2) is 5.56 Å². The standard InChI is InChI=1S/C8H15ClO3/c1-5(2)7(9)12-8(10)11-6(3)4/h5-7H,1-4H3/t7-/m0/s1. The summed E-state index contributed by atoms with van der Waals surface area (Å²) in [7, 11) is 0. The van der Waals surface area contributed by atoms with Crippen LogP contribution in [0.5, 0.6) is 0 Å². The maximum absolute atomic E-state index is 10.8. The van der Waals surface area contributed by atoms with Crippen molar-refractivity contribution in [3.8, 4) is 0 Å². The number of carbonyl (C=O) groups excluding carboxylic acids is 1. The monoisotopic (exact) mass is 194 g/mol. The average molecular weight is 195 g/mol. The molecule has 0 aromatic carbocycles. The second kappa shape index (κ2) is 5.25. The van der Waals surface area contributed by atoms with Crippen molar-refractivity contribution < 1.29 is 14.3 Å². The zero-order valence-electron chi connectivity index (χ0n) is 7.83. The van der Waals surface area contributed by atoms with Gasteiger partial charge in [0.1, 0.15) is 0 Å². The molecule has 0 N–H and O–H groups in total. The SMILES string of the molecule is CC(C)OC(=O)O[C@H](Cl)C(C)C. The molecule has 0 heterocycles. The first-order chi connectivity index (χ1) is 5.43. The minimum absolute atomic E-state index is 0.0892. The molecule has 4 heteroatoms. The van der Waals surface area contributed by atoms with Crippen LogP contribution >= 0.6 is 11.6 Å². The quantitative estimate of drug-likeness (QED) is 0.512. The van der Waals surface area contributed by atoms with Crippen LogP contribution in [-0.4, -0.2) is 17.8 Å². The summed E-state index contributed by atoms with van der Waals surface area (Å²) < 4.78 is 9.45. The Morgan fingerprint density at radius 3 is 2.00 bits per heavy atom. The molecule has 0 aliphatic heterocycles. The van der Waals surface area contributed by atoms with E-state index in [1.807, 2.05) is 13.8 Å². The first kappa shape index (κ1) is 11.6. The maximum atomic E-state index is 10.8. The highest BCUT2D eigenvalue weighted by Gasteiger charge is 2.16. The second-order valence-corrected chi connectivity index (χ2v) is 3.56. The molecule has 0 aromatic heterocycles. The van der Waals surface area contributed by atoms with E-state index in [2.05, 4.69) is 0 Å². The molecule has 1 atom stereocenters. The molecule has 0 amide bonds. The summed E-state index contributed by atoms with van der Waals surface area (Å²) >= 11 is 5.67. The van der Waals surface area contributed by atoms with Crippen molar-refractivity contribution in [1.29, 1.82) is 0 Å². The van der Waals surface area contributed by atoms with Crippen LogP contribution in [0.3, 0.4) is 0 Å². The maximum Gasteiger partial charge on any atom is 0.510 e. The molecule has 0 saturated carbocycles. The molecule has 12 heavy (non-hydrogen) atoms. The van der Waals surface area contributed by atoms with E-state index in [4.69, 9.17) is 21.1 Å². The lowest BCUT2D eigenvalue weighted by atomic mass is 10.2. The van der Waals surface area contributed by atoms with Gasteiger partial charge in [0.2, 0.25) is 0 Å². The van der Waals surface area contributed by atoms with Gasteiger partial charge in [0, 0.05) is 5.92 Å². The molecule has 0 rings (SSSR count). The molecule has 0 aromatic rings. The van der Waals surface area contributed by atoms with Crippen LogP contribution in [0.1, 0.15) is 27.7 Å². The Hall–Kier alpha value is -0.440. The Labute approximate surface area is 78.0 Å². The zero-order valence-corrected chi connectivity index (χ0v) is 8.59. The van der Waals surface area contributed by atoms with Crippen LogP contribution in [0.2, 0.25) is 0 Å². The van der Waals surface area contributed by atoms with E-state index in [1.165, 1.54) is 0 Å². The highest BCUT2D eigenvalue weighted by molar-refractivity contribution is 6.20. The number of ether oxygens (including phenoxy) is 2. The highest BCUT2D eigenvalue weighted by atomic mass is 35.5. The molecular weight excluding hydrogens is 180 g/mol. The average Bonchev–Trinajstić information content (AvgIpc) is 1.84. The summed E-state index contributed by atoms with van der Waals surface area (Å²) in [5.74, 6) is 0.0892. The zero-order chi connectivity index (χ0) is 9.72. The van der Waals surface area contributed by atoms with Crippen LogP contribution in [0.25, 0.3) is 0 Å². The van der Waals surface area contributed by atoms with Crippen LogP contribution in [-0.2, 0) is 9.47 Å². The van der Waals surface area contributed by atoms with Gasteiger partial charge in [-0.2, -0.15) is 0 Å². The van der Waals surface area contributed by atoms with Gasteiger partial charge < -0.3 is 9.47 Å². The summed E-state index contributed by atoms with van der Waals surface area (Å²) in [6, 6.07) is 0. The number of hydrogen-bond acceptors (Lipinski definition) is 3. The lowest BCUT2D eigenvalue weighted by Gasteiger charge is -2.15. The van der Waals surface area contributed by atoms with Crippen LogP contribution < -0.4 is 0 Å². The summed E-state index contributed by atoms with van der Waals surface area (Å²) in [4.78, 5) is 10.8. The van der Waals surface area contributed by atoms with Crippen molar-refractivity contribution in [3.63, 3.8) is 0 Å². The van der Waals surface area contributed by atoms with Crippen molar-refractivity contribution in [2.24, 2.45) is 5.92 Å². The Balaban J connectivity index is 3.69. The van der Waals surface area contributed by atoms with E-state index in [9.17, 15) is 4.79 Å². The van der Waals surface area contributed by atoms with Crippen LogP contribution in [0.4, 0.5) is 4.79 Å². The summed E-state index contributed by atoms with van der Waals surface area (Å²) in [5, 5.41) is 0. The number of carbonyl (C=O) groups is 1. The van der Waals surface area contributed by atoms with Crippen LogP contribution in [0, 0.1) is 5.92 Å². The fourth-order valence-corrected chi connectivity index (χ4v) is 0.521. The van der Waals surface area contributed by atoms with Crippen molar-refractivity contribution in [3.05, 3.63) is 0 Å². The fourth-order valence-electron chi connectivity index (χ4n) is 0.448. The largest absolute Gasteiger partial charge is 0.510 e. The lowest BCUT2D eigenvalue weighted by Crippen LogP contribution is -2.21. The fraction of sp³-hybridized carbons (Fsp3) is 0.875. The van der Waals surface area contributed by atoms with E-state index < -0.39 is 11.7 Å². The van der Waals surface area contributed by atoms with Crippen molar-refractivity contribution >= 4 is 17.8 Å². The number of hydrogen-bond donors (Lipinski definition) is 0. The molecule has 0 fully saturated rings. The highest BCUT2D eigenvalue weighted by Crippen LogP contribution is 2.11. The number of alkyl halides is 1. The first-order valence-corrected chi connectivity index (χ1v) is 4.38. The molecule has 72 valence electrons. The second-order valence-electron chi connectivity index (χ2n) is 3.13. The normalized spacial score (nSPS) is 13.2. The third-order valence-corrected chi connectivity index (χ3v) is 1.66. The Morgan fingerprint density at radius 1 is 1.17 bits per heavy atom. The Morgan fingerprint density at radius 2 is 1.67 bits per heavy atom. The molecular formula is C8H15ClO3. The van der Waals surface area contributed by atoms with Crippen LogP contribution in [0.15, 0.2) is 0 Å². The smallest absolute Gasteiger partial charge is 0.432 e. The number of halogens is 1. The molecule has 0 bridgehead atoms. The minimum Gasteiger partial charge on any atom is -0.432 e. The molecule has 0 aliphatic rings. The van der Waals surface area contributed by atoms with Gasteiger partial charge in [-0.05, 0) is 13.8 Å². The number of rotatable bonds is 3. The molecule has 0 spiro atoms. The third-order valence-electron chi connectivity index (χ3n) is 1.06. The Bertz CT molecular complexity index is 145. The summed E-state index contributed by atoms with van der Waals surface area (Å²) in [5.41, 5.74) is -0.615. The van der Waals surface area contributed by atoms with E-state index in [0.717, 1.165) is 0 Å². The van der Waals surface area contributed by atoms with Crippen molar-refractivity contribution in [2.45, 2.75) is 39.4 Å². The first-order valence-electron chi connectivity index (χ1n) is 3.94. The predicted octanol–water partition coefficient (Wildman–Crippen LogP) is 2.77. The van der Waals surface area contributed by atoms with Crippen molar-refractivity contribution in [1.82, 2.24) is 0 Å².